The quantitative estimate of drug-likeness (QED) is 0.488. The number of rotatable bonds is 6. The number of hydrogen-bond donors (Lipinski definition) is 3. The molecular weight excluding hydrogens is 520 g/mol. The minimum atomic E-state index is -0.945. The molecule has 214 valence electrons. The van der Waals surface area contributed by atoms with Gasteiger partial charge in [0.1, 0.15) is 5.82 Å². The van der Waals surface area contributed by atoms with Gasteiger partial charge in [0.15, 0.2) is 0 Å². The number of anilines is 1. The molecular formula is C27H41ClN8O3. The summed E-state index contributed by atoms with van der Waals surface area (Å²) in [5, 5.41) is 2.69. The monoisotopic (exact) mass is 560 g/mol. The lowest BCUT2D eigenvalue weighted by atomic mass is 9.91. The van der Waals surface area contributed by atoms with Crippen LogP contribution in [0.15, 0.2) is 41.3 Å². The molecule has 1 aromatic carbocycles. The molecule has 1 aromatic heterocycles. The Morgan fingerprint density at radius 1 is 1.03 bits per heavy atom. The highest BCUT2D eigenvalue weighted by Crippen LogP contribution is 2.23. The van der Waals surface area contributed by atoms with Gasteiger partial charge in [0.25, 0.3) is 0 Å². The van der Waals surface area contributed by atoms with Crippen LogP contribution in [0.1, 0.15) is 45.1 Å². The van der Waals surface area contributed by atoms with Crippen LogP contribution in [0.4, 0.5) is 10.6 Å². The number of carbonyl (C=O) groups excluding carboxylic acids is 2. The summed E-state index contributed by atoms with van der Waals surface area (Å²) in [6, 6.07) is 10.00. The van der Waals surface area contributed by atoms with Crippen LogP contribution in [-0.2, 0) is 11.3 Å². The fourth-order valence-corrected chi connectivity index (χ4v) is 5.10. The molecule has 0 unspecified atom stereocenters. The molecule has 0 spiro atoms. The van der Waals surface area contributed by atoms with Crippen molar-refractivity contribution in [3.05, 3.63) is 52.6 Å². The summed E-state index contributed by atoms with van der Waals surface area (Å²) in [7, 11) is 2.15. The highest BCUT2D eigenvalue weighted by Gasteiger charge is 2.31. The highest BCUT2D eigenvalue weighted by atomic mass is 35.5. The first kappa shape index (κ1) is 30.6. The summed E-state index contributed by atoms with van der Waals surface area (Å²) in [6.45, 7) is 5.74. The van der Waals surface area contributed by atoms with Crippen molar-refractivity contribution < 1.29 is 9.59 Å². The van der Waals surface area contributed by atoms with Gasteiger partial charge in [-0.05, 0) is 70.3 Å². The smallest absolute Gasteiger partial charge is 0.338 e. The summed E-state index contributed by atoms with van der Waals surface area (Å²) in [5.74, 6) is 0.0422. The van der Waals surface area contributed by atoms with Gasteiger partial charge in [-0.3, -0.25) is 19.6 Å². The molecule has 0 radical (unpaired) electrons. The lowest BCUT2D eigenvalue weighted by molar-refractivity contribution is -0.137. The summed E-state index contributed by atoms with van der Waals surface area (Å²) >= 11 is 0. The van der Waals surface area contributed by atoms with Crippen molar-refractivity contribution in [2.45, 2.75) is 63.7 Å². The minimum Gasteiger partial charge on any atom is -0.338 e. The van der Waals surface area contributed by atoms with Crippen LogP contribution in [0.2, 0.25) is 0 Å². The van der Waals surface area contributed by atoms with Crippen LogP contribution in [0.5, 0.6) is 0 Å². The van der Waals surface area contributed by atoms with Crippen molar-refractivity contribution in [3.8, 4) is 5.69 Å². The third-order valence-corrected chi connectivity index (χ3v) is 7.46. The predicted molar refractivity (Wildman–Crippen MR) is 154 cm³/mol. The molecule has 12 heteroatoms. The number of benzene rings is 1. The number of piperazine rings is 1. The second-order valence-corrected chi connectivity index (χ2v) is 11.0. The Morgan fingerprint density at radius 2 is 1.62 bits per heavy atom. The summed E-state index contributed by atoms with van der Waals surface area (Å²) in [5.41, 5.74) is 12.4. The SMILES string of the molecule is CN(Cc1ccc(-n2ccc(NC(=O)N3CCN(C(=O)C(C)(C)N)CC3)nc2=O)cc1)C1CCC(N)CC1.Cl. The molecule has 0 atom stereocenters. The lowest BCUT2D eigenvalue weighted by Crippen LogP contribution is -2.58. The third kappa shape index (κ3) is 7.78. The van der Waals surface area contributed by atoms with Gasteiger partial charge in [0, 0.05) is 51.0 Å². The van der Waals surface area contributed by atoms with Gasteiger partial charge < -0.3 is 21.3 Å². The van der Waals surface area contributed by atoms with E-state index in [1.54, 1.807) is 35.9 Å². The number of halogens is 1. The summed E-state index contributed by atoms with van der Waals surface area (Å²) in [4.78, 5) is 47.4. The maximum Gasteiger partial charge on any atom is 0.354 e. The molecule has 2 aliphatic rings. The van der Waals surface area contributed by atoms with Gasteiger partial charge in [-0.25, -0.2) is 9.59 Å². The maximum absolute atomic E-state index is 12.7. The Bertz CT molecular complexity index is 1180. The first-order valence-corrected chi connectivity index (χ1v) is 13.3. The van der Waals surface area contributed by atoms with Crippen LogP contribution < -0.4 is 22.5 Å². The normalized spacial score (nSPS) is 19.9. The van der Waals surface area contributed by atoms with E-state index in [0.29, 0.717) is 44.0 Å². The molecule has 5 N–H and O–H groups in total. The van der Waals surface area contributed by atoms with Crippen LogP contribution in [0.3, 0.4) is 0 Å². The Labute approximate surface area is 235 Å². The van der Waals surface area contributed by atoms with Gasteiger partial charge in [-0.2, -0.15) is 4.98 Å². The number of aromatic nitrogens is 2. The second-order valence-electron chi connectivity index (χ2n) is 11.0. The number of hydrogen-bond acceptors (Lipinski definition) is 7. The molecule has 39 heavy (non-hydrogen) atoms. The molecule has 1 saturated carbocycles. The van der Waals surface area contributed by atoms with E-state index in [9.17, 15) is 14.4 Å². The standard InChI is InChI=1S/C27H40N8O3.ClH/c1-27(2,29)24(36)33-14-16-34(17-15-33)25(37)30-23-12-13-35(26(38)31-23)22-8-4-19(5-9-22)18-32(3)21-10-6-20(28)7-11-21;/h4-5,8-9,12-13,20-21H,6-7,10-11,14-18,28-29H2,1-3H3,(H,30,31,37,38);1H. The van der Waals surface area contributed by atoms with Gasteiger partial charge in [-0.15, -0.1) is 12.4 Å². The van der Waals surface area contributed by atoms with E-state index in [2.05, 4.69) is 22.2 Å². The first-order chi connectivity index (χ1) is 18.0. The largest absolute Gasteiger partial charge is 0.354 e. The van der Waals surface area contributed by atoms with E-state index in [-0.39, 0.29) is 30.2 Å². The van der Waals surface area contributed by atoms with Crippen molar-refractivity contribution in [1.82, 2.24) is 24.3 Å². The van der Waals surface area contributed by atoms with Crippen LogP contribution in [0, 0.1) is 0 Å². The van der Waals surface area contributed by atoms with Crippen LogP contribution in [0.25, 0.3) is 5.69 Å². The van der Waals surface area contributed by atoms with Crippen molar-refractivity contribution in [2.75, 3.05) is 38.5 Å². The van der Waals surface area contributed by atoms with E-state index in [1.807, 2.05) is 24.3 Å². The Kier molecular flexibility index (Phi) is 10.1. The number of amides is 3. The number of nitrogens with two attached hydrogens (primary N) is 2. The molecule has 2 fully saturated rings. The van der Waals surface area contributed by atoms with Crippen LogP contribution >= 0.6 is 12.4 Å². The van der Waals surface area contributed by atoms with E-state index < -0.39 is 11.2 Å². The van der Waals surface area contributed by atoms with E-state index in [4.69, 9.17) is 11.5 Å². The van der Waals surface area contributed by atoms with Gasteiger partial charge in [0.05, 0.1) is 11.2 Å². The molecule has 1 saturated heterocycles. The second kappa shape index (κ2) is 12.9. The maximum atomic E-state index is 12.7. The van der Waals surface area contributed by atoms with Crippen molar-refractivity contribution in [1.29, 1.82) is 0 Å². The minimum absolute atomic E-state index is 0. The Hall–Kier alpha value is -2.99. The van der Waals surface area contributed by atoms with Gasteiger partial charge in [0.2, 0.25) is 5.91 Å². The van der Waals surface area contributed by atoms with E-state index in [0.717, 1.165) is 32.2 Å². The molecule has 2 aromatic rings. The summed E-state index contributed by atoms with van der Waals surface area (Å²) < 4.78 is 1.45. The third-order valence-electron chi connectivity index (χ3n) is 7.46. The number of urea groups is 1. The average Bonchev–Trinajstić information content (AvgIpc) is 2.89. The van der Waals surface area contributed by atoms with Gasteiger partial charge >= 0.3 is 11.7 Å². The van der Waals surface area contributed by atoms with Crippen LogP contribution in [-0.4, -0.2) is 87.0 Å². The molecule has 11 nitrogen and oxygen atoms in total. The van der Waals surface area contributed by atoms with Crippen molar-refractivity contribution in [3.63, 3.8) is 0 Å². The van der Waals surface area contributed by atoms with E-state index in [1.165, 1.54) is 10.1 Å². The lowest BCUT2D eigenvalue weighted by Gasteiger charge is -2.37. The zero-order valence-electron chi connectivity index (χ0n) is 23.0. The zero-order valence-corrected chi connectivity index (χ0v) is 23.8. The molecule has 3 amide bonds. The van der Waals surface area contributed by atoms with E-state index >= 15 is 0 Å². The van der Waals surface area contributed by atoms with Crippen molar-refractivity contribution >= 4 is 30.2 Å². The first-order valence-electron chi connectivity index (χ1n) is 13.3. The predicted octanol–water partition coefficient (Wildman–Crippen LogP) is 1.77. The van der Waals surface area contributed by atoms with Crippen molar-refractivity contribution in [2.24, 2.45) is 11.5 Å². The van der Waals surface area contributed by atoms with Gasteiger partial charge in [-0.1, -0.05) is 12.1 Å². The molecule has 1 aliphatic carbocycles. The zero-order chi connectivity index (χ0) is 27.4. The molecule has 2 heterocycles. The fourth-order valence-electron chi connectivity index (χ4n) is 5.10. The summed E-state index contributed by atoms with van der Waals surface area (Å²) in [6.07, 6.45) is 6.01. The molecule has 0 bridgehead atoms. The fraction of sp³-hybridized carbons (Fsp3) is 0.556. The Morgan fingerprint density at radius 3 is 2.18 bits per heavy atom. The molecule has 1 aliphatic heterocycles. The highest BCUT2D eigenvalue weighted by molar-refractivity contribution is 5.89. The number of nitrogens with one attached hydrogen (secondary N) is 1. The number of nitrogens with zero attached hydrogens (tertiary/aromatic N) is 5. The average molecular weight is 561 g/mol. The topological polar surface area (TPSA) is 143 Å². The Balaban J connectivity index is 0.00000420. The molecule has 4 rings (SSSR count). The number of carbonyl (C=O) groups is 2.